The van der Waals surface area contributed by atoms with Crippen LogP contribution in [0.3, 0.4) is 0 Å². The lowest BCUT2D eigenvalue weighted by atomic mass is 9.99. The van der Waals surface area contributed by atoms with Crippen LogP contribution in [0.2, 0.25) is 0 Å². The first-order chi connectivity index (χ1) is 14.5. The summed E-state index contributed by atoms with van der Waals surface area (Å²) in [5.41, 5.74) is 4.75. The molecule has 7 nitrogen and oxygen atoms in total. The molecule has 150 valence electrons. The highest BCUT2D eigenvalue weighted by atomic mass is 32.2. The highest BCUT2D eigenvalue weighted by Crippen LogP contribution is 2.33. The number of benzene rings is 2. The first-order valence-corrected chi connectivity index (χ1v) is 11.2. The number of anilines is 3. The molecule has 0 spiro atoms. The fourth-order valence-electron chi connectivity index (χ4n) is 3.40. The fraction of sp³-hybridized carbons (Fsp3) is 0.143. The van der Waals surface area contributed by atoms with Crippen LogP contribution in [0.4, 0.5) is 16.5 Å². The Morgan fingerprint density at radius 2 is 1.87 bits per heavy atom. The molecule has 3 aromatic rings. The van der Waals surface area contributed by atoms with Crippen molar-refractivity contribution in [3.63, 3.8) is 0 Å². The zero-order valence-electron chi connectivity index (χ0n) is 15.7. The molecule has 0 fully saturated rings. The number of thiazole rings is 1. The third-order valence-corrected chi connectivity index (χ3v) is 6.73. The predicted molar refractivity (Wildman–Crippen MR) is 118 cm³/mol. The van der Waals surface area contributed by atoms with Gasteiger partial charge in [0.25, 0.3) is 5.91 Å². The molecule has 3 amide bonds. The first-order valence-electron chi connectivity index (χ1n) is 9.32. The van der Waals surface area contributed by atoms with E-state index in [1.54, 1.807) is 12.1 Å². The molecule has 2 aliphatic heterocycles. The van der Waals surface area contributed by atoms with Crippen LogP contribution in [0, 0.1) is 0 Å². The molecule has 0 saturated carbocycles. The van der Waals surface area contributed by atoms with Crippen molar-refractivity contribution in [3.05, 3.63) is 52.9 Å². The Kier molecular flexibility index (Phi) is 4.76. The molecule has 0 radical (unpaired) electrons. The van der Waals surface area contributed by atoms with E-state index < -0.39 is 0 Å². The number of fused-ring (bicyclic) bond motifs is 2. The van der Waals surface area contributed by atoms with Gasteiger partial charge in [-0.3, -0.25) is 19.7 Å². The van der Waals surface area contributed by atoms with Gasteiger partial charge in [-0.2, -0.15) is 0 Å². The van der Waals surface area contributed by atoms with Crippen LogP contribution in [0.25, 0.3) is 11.3 Å². The molecule has 9 heteroatoms. The van der Waals surface area contributed by atoms with Crippen LogP contribution in [0.5, 0.6) is 0 Å². The molecular formula is C21H16N4O3S2. The summed E-state index contributed by atoms with van der Waals surface area (Å²) in [6.07, 6.45) is 1.18. The quantitative estimate of drug-likeness (QED) is 0.576. The van der Waals surface area contributed by atoms with E-state index in [1.165, 1.54) is 23.1 Å². The van der Waals surface area contributed by atoms with E-state index >= 15 is 0 Å². The van der Waals surface area contributed by atoms with Crippen LogP contribution < -0.4 is 16.0 Å². The molecule has 0 atom stereocenters. The number of thioether (sulfide) groups is 1. The average Bonchev–Trinajstić information content (AvgIpc) is 3.21. The summed E-state index contributed by atoms with van der Waals surface area (Å²) in [6.45, 7) is 0. The normalized spacial score (nSPS) is 14.9. The number of carbonyl (C=O) groups is 3. The van der Waals surface area contributed by atoms with Crippen molar-refractivity contribution in [2.24, 2.45) is 0 Å². The van der Waals surface area contributed by atoms with Crippen LogP contribution in [0.15, 0.2) is 46.7 Å². The molecule has 0 bridgehead atoms. The van der Waals surface area contributed by atoms with Crippen molar-refractivity contribution in [3.8, 4) is 11.3 Å². The zero-order valence-corrected chi connectivity index (χ0v) is 17.3. The van der Waals surface area contributed by atoms with Crippen LogP contribution >= 0.6 is 23.1 Å². The second-order valence-corrected chi connectivity index (χ2v) is 8.84. The summed E-state index contributed by atoms with van der Waals surface area (Å²) in [5.74, 6) is 0.0698. The molecule has 0 saturated heterocycles. The summed E-state index contributed by atoms with van der Waals surface area (Å²) in [7, 11) is 0. The van der Waals surface area contributed by atoms with Crippen LogP contribution in [0.1, 0.15) is 22.3 Å². The van der Waals surface area contributed by atoms with Crippen molar-refractivity contribution >= 4 is 57.3 Å². The van der Waals surface area contributed by atoms with Gasteiger partial charge >= 0.3 is 0 Å². The number of rotatable bonds is 3. The Balaban J connectivity index is 1.33. The van der Waals surface area contributed by atoms with Gasteiger partial charge in [-0.1, -0.05) is 6.07 Å². The van der Waals surface area contributed by atoms with Gasteiger partial charge in [0.15, 0.2) is 5.13 Å². The monoisotopic (exact) mass is 436 g/mol. The van der Waals surface area contributed by atoms with Crippen LogP contribution in [-0.2, 0) is 16.0 Å². The lowest BCUT2D eigenvalue weighted by molar-refractivity contribution is -0.116. The molecule has 0 aliphatic carbocycles. The summed E-state index contributed by atoms with van der Waals surface area (Å²) >= 11 is 2.80. The molecule has 5 rings (SSSR count). The summed E-state index contributed by atoms with van der Waals surface area (Å²) in [5, 5.41) is 10.9. The second-order valence-electron chi connectivity index (χ2n) is 6.96. The van der Waals surface area contributed by atoms with Crippen molar-refractivity contribution in [2.75, 3.05) is 21.7 Å². The van der Waals surface area contributed by atoms with E-state index in [2.05, 4.69) is 20.9 Å². The Morgan fingerprint density at radius 3 is 2.77 bits per heavy atom. The molecule has 3 N–H and O–H groups in total. The second kappa shape index (κ2) is 7.58. The van der Waals surface area contributed by atoms with Gasteiger partial charge in [0.05, 0.1) is 17.1 Å². The standard InChI is InChI=1S/C21H16N4O3S2/c26-18-6-3-11-7-12(1-4-14(11)22-18)16-9-30-21(24-16)25-20(28)13-2-5-17-15(8-13)23-19(27)10-29-17/h1-2,4-5,7-9H,3,6,10H2,(H,22,26)(H,23,27)(H,24,25,28). The Hall–Kier alpha value is -3.17. The van der Waals surface area contributed by atoms with Gasteiger partial charge in [-0.15, -0.1) is 23.1 Å². The van der Waals surface area contributed by atoms with Gasteiger partial charge < -0.3 is 10.6 Å². The number of nitrogens with zero attached hydrogens (tertiary/aromatic N) is 1. The summed E-state index contributed by atoms with van der Waals surface area (Å²) < 4.78 is 0. The van der Waals surface area contributed by atoms with E-state index in [0.717, 1.165) is 27.4 Å². The summed E-state index contributed by atoms with van der Waals surface area (Å²) in [6, 6.07) is 11.1. The Morgan fingerprint density at radius 1 is 1.00 bits per heavy atom. The van der Waals surface area contributed by atoms with Crippen LogP contribution in [-0.4, -0.2) is 28.5 Å². The lowest BCUT2D eigenvalue weighted by Gasteiger charge is -2.17. The Bertz CT molecular complexity index is 1200. The van der Waals surface area contributed by atoms with E-state index in [4.69, 9.17) is 0 Å². The lowest BCUT2D eigenvalue weighted by Crippen LogP contribution is -2.19. The molecule has 2 aromatic carbocycles. The van der Waals surface area contributed by atoms with E-state index in [-0.39, 0.29) is 17.7 Å². The number of hydrogen-bond donors (Lipinski definition) is 3. The first kappa shape index (κ1) is 18.8. The van der Waals surface area contributed by atoms with Crippen molar-refractivity contribution in [2.45, 2.75) is 17.7 Å². The van der Waals surface area contributed by atoms with Crippen molar-refractivity contribution in [1.82, 2.24) is 4.98 Å². The van der Waals surface area contributed by atoms with E-state index in [1.807, 2.05) is 29.6 Å². The Labute approximate surface area is 180 Å². The minimum Gasteiger partial charge on any atom is -0.326 e. The number of nitrogens with one attached hydrogen (secondary N) is 3. The largest absolute Gasteiger partial charge is 0.326 e. The zero-order chi connectivity index (χ0) is 20.7. The van der Waals surface area contributed by atoms with E-state index in [9.17, 15) is 14.4 Å². The van der Waals surface area contributed by atoms with Gasteiger partial charge in [-0.05, 0) is 42.3 Å². The molecular weight excluding hydrogens is 420 g/mol. The number of amides is 3. The average molecular weight is 437 g/mol. The van der Waals surface area contributed by atoms with Crippen molar-refractivity contribution < 1.29 is 14.4 Å². The SMILES string of the molecule is O=C1CCc2cc(-c3csc(NC(=O)c4ccc5c(c4)NC(=O)CS5)n3)ccc2N1. The van der Waals surface area contributed by atoms with Crippen molar-refractivity contribution in [1.29, 1.82) is 0 Å². The van der Waals surface area contributed by atoms with Gasteiger partial charge in [0.2, 0.25) is 11.8 Å². The minimum absolute atomic E-state index is 0.0363. The number of hydrogen-bond acceptors (Lipinski definition) is 6. The highest BCUT2D eigenvalue weighted by Gasteiger charge is 2.19. The van der Waals surface area contributed by atoms with Gasteiger partial charge in [0, 0.05) is 33.5 Å². The topological polar surface area (TPSA) is 100 Å². The molecule has 0 unspecified atom stereocenters. The number of aryl methyl sites for hydroxylation is 1. The number of carbonyl (C=O) groups excluding carboxylic acids is 3. The van der Waals surface area contributed by atoms with E-state index in [0.29, 0.717) is 35.0 Å². The number of aromatic nitrogens is 1. The van der Waals surface area contributed by atoms with Gasteiger partial charge in [0.1, 0.15) is 0 Å². The summed E-state index contributed by atoms with van der Waals surface area (Å²) in [4.78, 5) is 41.2. The molecule has 1 aromatic heterocycles. The minimum atomic E-state index is -0.281. The third kappa shape index (κ3) is 3.69. The maximum absolute atomic E-state index is 12.6. The molecule has 3 heterocycles. The molecule has 2 aliphatic rings. The smallest absolute Gasteiger partial charge is 0.257 e. The maximum Gasteiger partial charge on any atom is 0.257 e. The third-order valence-electron chi connectivity index (χ3n) is 4.90. The maximum atomic E-state index is 12.6. The highest BCUT2D eigenvalue weighted by molar-refractivity contribution is 8.00. The predicted octanol–water partition coefficient (Wildman–Crippen LogP) is 3.99. The van der Waals surface area contributed by atoms with Gasteiger partial charge in [-0.25, -0.2) is 4.98 Å². The molecule has 30 heavy (non-hydrogen) atoms. The fourth-order valence-corrected chi connectivity index (χ4v) is 4.90.